The Morgan fingerprint density at radius 1 is 1.12 bits per heavy atom. The molecule has 0 radical (unpaired) electrons. The molecule has 0 spiro atoms. The minimum absolute atomic E-state index is 0.137. The lowest BCUT2D eigenvalue weighted by Gasteiger charge is -2.35. The third-order valence-corrected chi connectivity index (χ3v) is 5.29. The van der Waals surface area contributed by atoms with Gasteiger partial charge in [-0.2, -0.15) is 4.98 Å². The molecule has 1 aromatic carbocycles. The van der Waals surface area contributed by atoms with Crippen LogP contribution in [-0.2, 0) is 11.2 Å². The van der Waals surface area contributed by atoms with Gasteiger partial charge in [-0.15, -0.1) is 0 Å². The van der Waals surface area contributed by atoms with E-state index in [4.69, 9.17) is 4.98 Å². The van der Waals surface area contributed by atoms with Crippen LogP contribution < -0.4 is 9.80 Å². The normalized spacial score (nSPS) is 19.7. The summed E-state index contributed by atoms with van der Waals surface area (Å²) in [4.78, 5) is 27.5. The molecule has 1 fully saturated rings. The number of carbonyl (C=O) groups is 1. The first-order valence-electron chi connectivity index (χ1n) is 9.26. The van der Waals surface area contributed by atoms with E-state index in [1.807, 2.05) is 11.8 Å². The largest absolute Gasteiger partial charge is 0.339 e. The predicted octanol–water partition coefficient (Wildman–Crippen LogP) is 2.54. The summed E-state index contributed by atoms with van der Waals surface area (Å²) in [5, 5.41) is 0. The number of amides is 1. The van der Waals surface area contributed by atoms with Gasteiger partial charge < -0.3 is 14.7 Å². The molecule has 0 N–H and O–H groups in total. The van der Waals surface area contributed by atoms with Gasteiger partial charge in [-0.3, -0.25) is 4.79 Å². The lowest BCUT2D eigenvalue weighted by atomic mass is 10.1. The van der Waals surface area contributed by atoms with Crippen LogP contribution in [0.2, 0.25) is 0 Å². The van der Waals surface area contributed by atoms with Crippen LogP contribution in [-0.4, -0.2) is 53.0 Å². The van der Waals surface area contributed by atoms with Gasteiger partial charge in [-0.25, -0.2) is 4.98 Å². The first-order valence-corrected chi connectivity index (χ1v) is 9.26. The highest BCUT2D eigenvalue weighted by atomic mass is 16.2. The molecule has 2 aliphatic rings. The molecular formula is C20H25N5O. The SMILES string of the molecule is CC(=O)N1CCN(c2nc(C)cc(N3c4ccccc4CC3C)n2)CC1. The molecule has 4 rings (SSSR count). The highest BCUT2D eigenvalue weighted by molar-refractivity contribution is 5.73. The van der Waals surface area contributed by atoms with Gasteiger partial charge in [0.15, 0.2) is 0 Å². The fourth-order valence-corrected chi connectivity index (χ4v) is 3.94. The van der Waals surface area contributed by atoms with E-state index in [-0.39, 0.29) is 5.91 Å². The number of fused-ring (bicyclic) bond motifs is 1. The number of hydrogen-bond acceptors (Lipinski definition) is 5. The lowest BCUT2D eigenvalue weighted by molar-refractivity contribution is -0.129. The molecular weight excluding hydrogens is 326 g/mol. The zero-order valence-electron chi connectivity index (χ0n) is 15.6. The van der Waals surface area contributed by atoms with Crippen molar-refractivity contribution < 1.29 is 4.79 Å². The van der Waals surface area contributed by atoms with Crippen LogP contribution in [0.1, 0.15) is 25.1 Å². The molecule has 0 aliphatic carbocycles. The van der Waals surface area contributed by atoms with Crippen LogP contribution in [0.3, 0.4) is 0 Å². The van der Waals surface area contributed by atoms with Crippen molar-refractivity contribution in [3.8, 4) is 0 Å². The average molecular weight is 351 g/mol. The van der Waals surface area contributed by atoms with Crippen molar-refractivity contribution in [2.75, 3.05) is 36.0 Å². The molecule has 2 aromatic rings. The number of hydrogen-bond donors (Lipinski definition) is 0. The second kappa shape index (κ2) is 6.59. The van der Waals surface area contributed by atoms with Crippen LogP contribution in [0, 0.1) is 6.92 Å². The highest BCUT2D eigenvalue weighted by Gasteiger charge is 2.29. The number of para-hydroxylation sites is 1. The highest BCUT2D eigenvalue weighted by Crippen LogP contribution is 2.37. The average Bonchev–Trinajstić information content (AvgIpc) is 2.97. The second-order valence-electron chi connectivity index (χ2n) is 7.21. The van der Waals surface area contributed by atoms with E-state index in [0.717, 1.165) is 50.1 Å². The lowest BCUT2D eigenvalue weighted by Crippen LogP contribution is -2.48. The van der Waals surface area contributed by atoms with Gasteiger partial charge >= 0.3 is 0 Å². The predicted molar refractivity (Wildman–Crippen MR) is 103 cm³/mol. The van der Waals surface area contributed by atoms with Gasteiger partial charge in [-0.05, 0) is 31.9 Å². The molecule has 0 saturated carbocycles. The van der Waals surface area contributed by atoms with E-state index in [2.05, 4.69) is 52.0 Å². The fraction of sp³-hybridized carbons (Fsp3) is 0.450. The van der Waals surface area contributed by atoms with E-state index in [1.54, 1.807) is 6.92 Å². The summed E-state index contributed by atoms with van der Waals surface area (Å²) in [5.41, 5.74) is 3.58. The fourth-order valence-electron chi connectivity index (χ4n) is 3.94. The van der Waals surface area contributed by atoms with Gasteiger partial charge in [0.05, 0.1) is 0 Å². The number of rotatable bonds is 2. The maximum absolute atomic E-state index is 11.5. The maximum Gasteiger partial charge on any atom is 0.227 e. The summed E-state index contributed by atoms with van der Waals surface area (Å²) in [6, 6.07) is 11.0. The Morgan fingerprint density at radius 2 is 1.85 bits per heavy atom. The molecule has 6 nitrogen and oxygen atoms in total. The van der Waals surface area contributed by atoms with Crippen molar-refractivity contribution in [2.24, 2.45) is 0 Å². The van der Waals surface area contributed by atoms with Crippen LogP contribution in [0.5, 0.6) is 0 Å². The van der Waals surface area contributed by atoms with E-state index in [9.17, 15) is 4.79 Å². The Kier molecular flexibility index (Phi) is 4.26. The van der Waals surface area contributed by atoms with Crippen molar-refractivity contribution in [1.29, 1.82) is 0 Å². The molecule has 0 bridgehead atoms. The molecule has 3 heterocycles. The molecule has 6 heteroatoms. The Hall–Kier alpha value is -2.63. The van der Waals surface area contributed by atoms with Crippen molar-refractivity contribution in [1.82, 2.24) is 14.9 Å². The molecule has 136 valence electrons. The van der Waals surface area contributed by atoms with Crippen molar-refractivity contribution in [2.45, 2.75) is 33.2 Å². The summed E-state index contributed by atoms with van der Waals surface area (Å²) < 4.78 is 0. The molecule has 26 heavy (non-hydrogen) atoms. The first-order chi connectivity index (χ1) is 12.5. The minimum atomic E-state index is 0.137. The van der Waals surface area contributed by atoms with E-state index >= 15 is 0 Å². The quantitative estimate of drug-likeness (QED) is 0.832. The zero-order valence-corrected chi connectivity index (χ0v) is 15.6. The summed E-state index contributed by atoms with van der Waals surface area (Å²) in [6.45, 7) is 8.89. The number of anilines is 3. The number of benzene rings is 1. The van der Waals surface area contributed by atoms with Gasteiger partial charge in [0.1, 0.15) is 5.82 Å². The Morgan fingerprint density at radius 3 is 2.58 bits per heavy atom. The Labute approximate surface area is 154 Å². The van der Waals surface area contributed by atoms with E-state index < -0.39 is 0 Å². The van der Waals surface area contributed by atoms with Crippen molar-refractivity contribution >= 4 is 23.4 Å². The number of aromatic nitrogens is 2. The molecule has 1 amide bonds. The van der Waals surface area contributed by atoms with Crippen molar-refractivity contribution in [3.05, 3.63) is 41.6 Å². The maximum atomic E-state index is 11.5. The summed E-state index contributed by atoms with van der Waals surface area (Å²) >= 11 is 0. The standard InChI is InChI=1S/C20H25N5O/c1-14-12-19(25-15(2)13-17-6-4-5-7-18(17)25)22-20(21-14)24-10-8-23(9-11-24)16(3)26/h4-7,12,15H,8-11,13H2,1-3H3. The number of carbonyl (C=O) groups excluding carboxylic acids is 1. The Bertz CT molecular complexity index is 829. The topological polar surface area (TPSA) is 52.6 Å². The zero-order chi connectivity index (χ0) is 18.3. The van der Waals surface area contributed by atoms with Gasteiger partial charge in [-0.1, -0.05) is 18.2 Å². The summed E-state index contributed by atoms with van der Waals surface area (Å²) in [5.74, 6) is 1.86. The third kappa shape index (κ3) is 3.00. The third-order valence-electron chi connectivity index (χ3n) is 5.29. The summed E-state index contributed by atoms with van der Waals surface area (Å²) in [7, 11) is 0. The van der Waals surface area contributed by atoms with E-state index in [0.29, 0.717) is 6.04 Å². The van der Waals surface area contributed by atoms with Crippen molar-refractivity contribution in [3.63, 3.8) is 0 Å². The monoisotopic (exact) mass is 351 g/mol. The number of aryl methyl sites for hydroxylation is 1. The van der Waals surface area contributed by atoms with Crippen LogP contribution in [0.25, 0.3) is 0 Å². The van der Waals surface area contributed by atoms with Crippen LogP contribution >= 0.6 is 0 Å². The second-order valence-corrected chi connectivity index (χ2v) is 7.21. The number of nitrogens with zero attached hydrogens (tertiary/aromatic N) is 5. The summed E-state index contributed by atoms with van der Waals surface area (Å²) in [6.07, 6.45) is 1.03. The molecule has 1 atom stereocenters. The van der Waals surface area contributed by atoms with Gasteiger partial charge in [0, 0.05) is 56.6 Å². The van der Waals surface area contributed by atoms with Gasteiger partial charge in [0.2, 0.25) is 11.9 Å². The van der Waals surface area contributed by atoms with Crippen LogP contribution in [0.4, 0.5) is 17.5 Å². The smallest absolute Gasteiger partial charge is 0.227 e. The number of piperazine rings is 1. The molecule has 1 saturated heterocycles. The van der Waals surface area contributed by atoms with Crippen LogP contribution in [0.15, 0.2) is 30.3 Å². The Balaban J connectivity index is 1.63. The molecule has 1 unspecified atom stereocenters. The first kappa shape index (κ1) is 16.8. The van der Waals surface area contributed by atoms with E-state index in [1.165, 1.54) is 11.3 Å². The molecule has 2 aliphatic heterocycles. The molecule has 1 aromatic heterocycles. The van der Waals surface area contributed by atoms with Gasteiger partial charge in [0.25, 0.3) is 0 Å². The minimum Gasteiger partial charge on any atom is -0.339 e.